The summed E-state index contributed by atoms with van der Waals surface area (Å²) in [5.41, 5.74) is 1.07. The molecule has 1 aromatic carbocycles. The highest BCUT2D eigenvalue weighted by Gasteiger charge is 2.30. The molecule has 0 spiro atoms. The molecule has 0 radical (unpaired) electrons. The number of aryl methyl sites for hydroxylation is 1. The fourth-order valence-corrected chi connectivity index (χ4v) is 5.65. The second-order valence-corrected chi connectivity index (χ2v) is 10.4. The highest BCUT2D eigenvalue weighted by atomic mass is 35.5. The number of fused-ring (bicyclic) bond motifs is 1. The summed E-state index contributed by atoms with van der Waals surface area (Å²) >= 11 is 6.68. The maximum atomic E-state index is 14.1. The maximum Gasteiger partial charge on any atom is 0.260 e. The maximum absolute atomic E-state index is 14.1. The fraction of sp³-hybridized carbons (Fsp3) is 0.448. The standard InChI is InChI=1S/C29H37ClN6O5/c1-6-25(38)34-16-18(2)35(19(3)17-34)9-7-10-36-27-20(15-32-29(33-27)31-8-11-37)12-23(28(36)39)22-13-21(40-4)14-24(41-5)26(22)30/h6,12-15,18-19,37H,1,7-11,16-17H2,2-5H3,(H,31,32,33). The van der Waals surface area contributed by atoms with Gasteiger partial charge in [-0.3, -0.25) is 19.1 Å². The van der Waals surface area contributed by atoms with Crippen LogP contribution < -0.4 is 20.3 Å². The van der Waals surface area contributed by atoms with Gasteiger partial charge in [0.15, 0.2) is 0 Å². The molecule has 0 aliphatic carbocycles. The lowest BCUT2D eigenvalue weighted by Crippen LogP contribution is -2.58. The first-order chi connectivity index (χ1) is 19.7. The number of aromatic nitrogens is 3. The van der Waals surface area contributed by atoms with E-state index >= 15 is 0 Å². The summed E-state index contributed by atoms with van der Waals surface area (Å²) < 4.78 is 12.5. The number of piperazine rings is 1. The third kappa shape index (κ3) is 6.47. The molecule has 1 aliphatic rings. The van der Waals surface area contributed by atoms with Crippen LogP contribution in [0.4, 0.5) is 5.95 Å². The molecule has 4 rings (SSSR count). The topological polar surface area (TPSA) is 122 Å². The minimum Gasteiger partial charge on any atom is -0.497 e. The molecule has 2 unspecified atom stereocenters. The smallest absolute Gasteiger partial charge is 0.260 e. The number of anilines is 1. The lowest BCUT2D eigenvalue weighted by Gasteiger charge is -2.44. The number of hydrogen-bond donors (Lipinski definition) is 2. The van der Waals surface area contributed by atoms with Crippen molar-refractivity contribution in [2.75, 3.05) is 52.3 Å². The summed E-state index contributed by atoms with van der Waals surface area (Å²) in [6.07, 6.45) is 3.67. The van der Waals surface area contributed by atoms with Crippen molar-refractivity contribution in [3.63, 3.8) is 0 Å². The summed E-state index contributed by atoms with van der Waals surface area (Å²) in [5.74, 6) is 1.16. The van der Waals surface area contributed by atoms with Crippen LogP contribution in [0, 0.1) is 0 Å². The molecule has 3 aromatic rings. The van der Waals surface area contributed by atoms with Crippen LogP contribution in [-0.4, -0.2) is 94.4 Å². The predicted octanol–water partition coefficient (Wildman–Crippen LogP) is 3.03. The van der Waals surface area contributed by atoms with Crippen LogP contribution in [0.5, 0.6) is 11.5 Å². The molecule has 3 heterocycles. The third-order valence-electron chi connectivity index (χ3n) is 7.37. The van der Waals surface area contributed by atoms with Crippen molar-refractivity contribution in [2.24, 2.45) is 0 Å². The number of pyridine rings is 1. The van der Waals surface area contributed by atoms with Gasteiger partial charge in [-0.2, -0.15) is 4.98 Å². The number of carbonyl (C=O) groups excluding carboxylic acids is 1. The first-order valence-electron chi connectivity index (χ1n) is 13.6. The van der Waals surface area contributed by atoms with Crippen molar-refractivity contribution >= 4 is 34.5 Å². The van der Waals surface area contributed by atoms with Crippen molar-refractivity contribution in [2.45, 2.75) is 38.9 Å². The van der Waals surface area contributed by atoms with E-state index in [1.165, 1.54) is 20.3 Å². The summed E-state index contributed by atoms with van der Waals surface area (Å²) in [6, 6.07) is 5.41. The van der Waals surface area contributed by atoms with Gasteiger partial charge in [0.05, 0.1) is 25.8 Å². The van der Waals surface area contributed by atoms with Gasteiger partial charge < -0.3 is 24.8 Å². The van der Waals surface area contributed by atoms with E-state index in [9.17, 15) is 14.7 Å². The van der Waals surface area contributed by atoms with Gasteiger partial charge >= 0.3 is 0 Å². The Morgan fingerprint density at radius 2 is 1.90 bits per heavy atom. The molecule has 12 heteroatoms. The van der Waals surface area contributed by atoms with Crippen LogP contribution >= 0.6 is 11.6 Å². The van der Waals surface area contributed by atoms with E-state index in [-0.39, 0.29) is 36.7 Å². The molecule has 11 nitrogen and oxygen atoms in total. The van der Waals surface area contributed by atoms with Crippen molar-refractivity contribution in [3.05, 3.63) is 52.4 Å². The van der Waals surface area contributed by atoms with E-state index in [1.807, 2.05) is 4.90 Å². The van der Waals surface area contributed by atoms with Crippen LogP contribution in [0.3, 0.4) is 0 Å². The van der Waals surface area contributed by atoms with E-state index in [0.717, 1.165) is 6.54 Å². The average molecular weight is 585 g/mol. The number of aliphatic hydroxyl groups is 1. The van der Waals surface area contributed by atoms with Gasteiger partial charge in [-0.25, -0.2) is 4.98 Å². The molecule has 1 aliphatic heterocycles. The van der Waals surface area contributed by atoms with Gasteiger partial charge in [-0.05, 0) is 38.5 Å². The summed E-state index contributed by atoms with van der Waals surface area (Å²) in [4.78, 5) is 39.4. The monoisotopic (exact) mass is 584 g/mol. The predicted molar refractivity (Wildman–Crippen MR) is 160 cm³/mol. The number of amides is 1. The number of nitrogens with one attached hydrogen (secondary N) is 1. The van der Waals surface area contributed by atoms with Crippen LogP contribution in [0.2, 0.25) is 5.02 Å². The van der Waals surface area contributed by atoms with E-state index in [1.54, 1.807) is 29.0 Å². The number of ether oxygens (including phenoxy) is 2. The van der Waals surface area contributed by atoms with Crippen LogP contribution in [0.25, 0.3) is 22.2 Å². The summed E-state index contributed by atoms with van der Waals surface area (Å²) in [7, 11) is 3.04. The zero-order chi connectivity index (χ0) is 29.7. The van der Waals surface area contributed by atoms with Gasteiger partial charge in [0.2, 0.25) is 11.9 Å². The largest absolute Gasteiger partial charge is 0.497 e. The van der Waals surface area contributed by atoms with Crippen LogP contribution in [0.15, 0.2) is 41.8 Å². The molecule has 2 aromatic heterocycles. The lowest BCUT2D eigenvalue weighted by atomic mass is 10.0. The Labute approximate surface area is 244 Å². The van der Waals surface area contributed by atoms with Crippen molar-refractivity contribution in [1.82, 2.24) is 24.3 Å². The SMILES string of the molecule is C=CC(=O)N1CC(C)N(CCCn2c(=O)c(-c3cc(OC)cc(OC)c3Cl)cc3cnc(NCCO)nc32)C(C)C1. The van der Waals surface area contributed by atoms with E-state index < -0.39 is 0 Å². The number of benzene rings is 1. The minimum atomic E-state index is -0.260. The number of halogens is 1. The molecule has 1 fully saturated rings. The normalized spacial score (nSPS) is 17.5. The van der Waals surface area contributed by atoms with Gasteiger partial charge in [0.1, 0.15) is 17.1 Å². The summed E-state index contributed by atoms with van der Waals surface area (Å²) in [6.45, 7) is 10.4. The van der Waals surface area contributed by atoms with Gasteiger partial charge in [-0.15, -0.1) is 0 Å². The average Bonchev–Trinajstić information content (AvgIpc) is 2.97. The number of hydrogen-bond acceptors (Lipinski definition) is 9. The Bertz CT molecular complexity index is 1470. The molecule has 2 N–H and O–H groups in total. The Morgan fingerprint density at radius 1 is 1.17 bits per heavy atom. The first-order valence-corrected chi connectivity index (χ1v) is 13.9. The Morgan fingerprint density at radius 3 is 2.54 bits per heavy atom. The molecule has 41 heavy (non-hydrogen) atoms. The van der Waals surface area contributed by atoms with E-state index in [0.29, 0.717) is 70.7 Å². The number of aliphatic hydroxyl groups excluding tert-OH is 1. The molecular formula is C29H37ClN6O5. The minimum absolute atomic E-state index is 0.0590. The highest BCUT2D eigenvalue weighted by Crippen LogP contribution is 2.38. The van der Waals surface area contributed by atoms with Gasteiger partial charge in [0, 0.05) is 73.6 Å². The molecular weight excluding hydrogens is 548 g/mol. The van der Waals surface area contributed by atoms with E-state index in [4.69, 9.17) is 21.1 Å². The number of rotatable bonds is 11. The molecule has 0 saturated carbocycles. The van der Waals surface area contributed by atoms with Gasteiger partial charge in [0.25, 0.3) is 5.56 Å². The Hall–Kier alpha value is -3.67. The van der Waals surface area contributed by atoms with Crippen LogP contribution in [-0.2, 0) is 11.3 Å². The zero-order valence-electron chi connectivity index (χ0n) is 23.9. The Balaban J connectivity index is 1.71. The number of carbonyl (C=O) groups is 1. The lowest BCUT2D eigenvalue weighted by molar-refractivity contribution is -0.130. The number of nitrogens with zero attached hydrogens (tertiary/aromatic N) is 5. The molecule has 0 bridgehead atoms. The van der Waals surface area contributed by atoms with Crippen molar-refractivity contribution in [3.8, 4) is 22.6 Å². The van der Waals surface area contributed by atoms with Gasteiger partial charge in [-0.1, -0.05) is 18.2 Å². The molecule has 220 valence electrons. The first kappa shape index (κ1) is 30.3. The zero-order valence-corrected chi connectivity index (χ0v) is 24.6. The van der Waals surface area contributed by atoms with E-state index in [2.05, 4.69) is 40.6 Å². The fourth-order valence-electron chi connectivity index (χ4n) is 5.37. The van der Waals surface area contributed by atoms with Crippen molar-refractivity contribution < 1.29 is 19.4 Å². The van der Waals surface area contributed by atoms with Crippen molar-refractivity contribution in [1.29, 1.82) is 0 Å². The number of methoxy groups -OCH3 is 2. The second kappa shape index (κ2) is 13.3. The van der Waals surface area contributed by atoms with Crippen LogP contribution in [0.1, 0.15) is 20.3 Å². The third-order valence-corrected chi connectivity index (χ3v) is 7.76. The molecule has 1 amide bonds. The summed E-state index contributed by atoms with van der Waals surface area (Å²) in [5, 5.41) is 13.1. The molecule has 2 atom stereocenters. The molecule has 1 saturated heterocycles. The second-order valence-electron chi connectivity index (χ2n) is 10.1. The highest BCUT2D eigenvalue weighted by molar-refractivity contribution is 6.35. The Kier molecular flexibility index (Phi) is 9.85. The quantitative estimate of drug-likeness (QED) is 0.327.